The highest BCUT2D eigenvalue weighted by Gasteiger charge is 2.05. The van der Waals surface area contributed by atoms with E-state index in [4.69, 9.17) is 4.74 Å². The van der Waals surface area contributed by atoms with Crippen LogP contribution in [0.5, 0.6) is 5.75 Å². The van der Waals surface area contributed by atoms with Crippen molar-refractivity contribution in [2.45, 2.75) is 0 Å². The van der Waals surface area contributed by atoms with Gasteiger partial charge in [0.25, 0.3) is 5.91 Å². The molecule has 6 nitrogen and oxygen atoms in total. The molecule has 18 heavy (non-hydrogen) atoms. The number of rotatable bonds is 7. The summed E-state index contributed by atoms with van der Waals surface area (Å²) in [4.78, 5) is 17.4. The Hall–Kier alpha value is -1.66. The molecule has 0 unspecified atom stereocenters. The lowest BCUT2D eigenvalue weighted by atomic mass is 10.2. The van der Waals surface area contributed by atoms with Crippen LogP contribution in [0.2, 0.25) is 0 Å². The number of ether oxygens (including phenoxy) is 1. The fourth-order valence-electron chi connectivity index (χ4n) is 1.24. The predicted molar refractivity (Wildman–Crippen MR) is 67.6 cm³/mol. The molecule has 0 bridgehead atoms. The third kappa shape index (κ3) is 5.60. The summed E-state index contributed by atoms with van der Waals surface area (Å²) in [5.74, 6) is -0.292. The van der Waals surface area contributed by atoms with Crippen molar-refractivity contribution in [3.63, 3.8) is 0 Å². The summed E-state index contributed by atoms with van der Waals surface area (Å²) >= 11 is 0. The SMILES string of the molecule is CN(C)CCOCCNC(=O)c1cncc(O)c1. The normalized spacial score (nSPS) is 10.6. The standard InChI is InChI=1S/C12H19N3O3/c1-15(2)4-6-18-5-3-14-12(17)10-7-11(16)9-13-8-10/h7-9,16H,3-6H2,1-2H3,(H,14,17). The number of carbonyl (C=O) groups excluding carboxylic acids is 1. The number of nitrogens with one attached hydrogen (secondary N) is 1. The van der Waals surface area contributed by atoms with E-state index >= 15 is 0 Å². The molecule has 0 aliphatic carbocycles. The molecule has 0 saturated carbocycles. The number of nitrogens with zero attached hydrogens (tertiary/aromatic N) is 2. The zero-order chi connectivity index (χ0) is 13.4. The van der Waals surface area contributed by atoms with Gasteiger partial charge in [0.05, 0.1) is 25.0 Å². The summed E-state index contributed by atoms with van der Waals surface area (Å²) in [5.41, 5.74) is 0.336. The minimum Gasteiger partial charge on any atom is -0.506 e. The van der Waals surface area contributed by atoms with Crippen LogP contribution < -0.4 is 5.32 Å². The molecule has 1 rings (SSSR count). The molecule has 0 aromatic carbocycles. The predicted octanol–water partition coefficient (Wildman–Crippen LogP) is 0.0952. The van der Waals surface area contributed by atoms with Crippen molar-refractivity contribution in [3.8, 4) is 5.75 Å². The Bertz CT molecular complexity index is 383. The summed E-state index contributed by atoms with van der Waals surface area (Å²) in [7, 11) is 3.94. The monoisotopic (exact) mass is 253 g/mol. The summed E-state index contributed by atoms with van der Waals surface area (Å²) in [6.07, 6.45) is 2.68. The molecule has 0 spiro atoms. The topological polar surface area (TPSA) is 74.7 Å². The number of aromatic nitrogens is 1. The molecule has 1 aromatic heterocycles. The number of pyridine rings is 1. The first-order valence-corrected chi connectivity index (χ1v) is 5.74. The van der Waals surface area contributed by atoms with Crippen LogP contribution in [0.15, 0.2) is 18.5 Å². The summed E-state index contributed by atoms with van der Waals surface area (Å²) in [6, 6.07) is 1.37. The molecule has 0 aliphatic heterocycles. The maximum absolute atomic E-state index is 11.6. The second-order valence-corrected chi connectivity index (χ2v) is 4.10. The van der Waals surface area contributed by atoms with Gasteiger partial charge in [-0.25, -0.2) is 0 Å². The van der Waals surface area contributed by atoms with Crippen molar-refractivity contribution in [3.05, 3.63) is 24.0 Å². The van der Waals surface area contributed by atoms with Crippen LogP contribution in [0, 0.1) is 0 Å². The van der Waals surface area contributed by atoms with Gasteiger partial charge in [0.1, 0.15) is 5.75 Å². The Morgan fingerprint density at radius 1 is 1.44 bits per heavy atom. The Morgan fingerprint density at radius 3 is 2.89 bits per heavy atom. The van der Waals surface area contributed by atoms with Crippen LogP contribution in [0.4, 0.5) is 0 Å². The van der Waals surface area contributed by atoms with Gasteiger partial charge < -0.3 is 20.1 Å². The average Bonchev–Trinajstić information content (AvgIpc) is 2.33. The number of amides is 1. The number of likely N-dealkylation sites (N-methyl/N-ethyl adjacent to an activating group) is 1. The number of hydrogen-bond acceptors (Lipinski definition) is 5. The molecule has 0 fully saturated rings. The summed E-state index contributed by atoms with van der Waals surface area (Å²) < 4.78 is 5.33. The molecule has 1 amide bonds. The van der Waals surface area contributed by atoms with Gasteiger partial charge in [-0.05, 0) is 20.2 Å². The third-order valence-corrected chi connectivity index (χ3v) is 2.20. The van der Waals surface area contributed by atoms with Gasteiger partial charge in [-0.15, -0.1) is 0 Å². The van der Waals surface area contributed by atoms with E-state index in [-0.39, 0.29) is 11.7 Å². The minimum atomic E-state index is -0.269. The lowest BCUT2D eigenvalue weighted by Gasteiger charge is -2.10. The molecule has 2 N–H and O–H groups in total. The highest BCUT2D eigenvalue weighted by Crippen LogP contribution is 2.07. The van der Waals surface area contributed by atoms with E-state index in [0.29, 0.717) is 25.3 Å². The van der Waals surface area contributed by atoms with Gasteiger partial charge in [-0.1, -0.05) is 0 Å². The van der Waals surface area contributed by atoms with Crippen molar-refractivity contribution >= 4 is 5.91 Å². The van der Waals surface area contributed by atoms with Crippen molar-refractivity contribution in [2.75, 3.05) is 40.4 Å². The molecule has 0 aliphatic rings. The zero-order valence-electron chi connectivity index (χ0n) is 10.7. The Labute approximate surface area is 107 Å². The molecule has 0 radical (unpaired) electrons. The van der Waals surface area contributed by atoms with Crippen molar-refractivity contribution < 1.29 is 14.6 Å². The molecule has 0 atom stereocenters. The fraction of sp³-hybridized carbons (Fsp3) is 0.500. The molecular weight excluding hydrogens is 234 g/mol. The largest absolute Gasteiger partial charge is 0.506 e. The van der Waals surface area contributed by atoms with E-state index in [1.807, 2.05) is 19.0 Å². The average molecular weight is 253 g/mol. The first-order chi connectivity index (χ1) is 8.59. The van der Waals surface area contributed by atoms with Crippen LogP contribution in [0.1, 0.15) is 10.4 Å². The highest BCUT2D eigenvalue weighted by atomic mass is 16.5. The van der Waals surface area contributed by atoms with Crippen LogP contribution in [0.3, 0.4) is 0 Å². The molecule has 1 aromatic rings. The van der Waals surface area contributed by atoms with Gasteiger partial charge in [0.2, 0.25) is 0 Å². The van der Waals surface area contributed by atoms with E-state index in [9.17, 15) is 9.90 Å². The lowest BCUT2D eigenvalue weighted by Crippen LogP contribution is -2.28. The van der Waals surface area contributed by atoms with Crippen LogP contribution in [-0.4, -0.2) is 61.3 Å². The maximum atomic E-state index is 11.6. The zero-order valence-corrected chi connectivity index (χ0v) is 10.7. The summed E-state index contributed by atoms with van der Waals surface area (Å²) in [6.45, 7) is 2.38. The van der Waals surface area contributed by atoms with Gasteiger partial charge in [0, 0.05) is 19.3 Å². The van der Waals surface area contributed by atoms with E-state index in [1.54, 1.807) is 0 Å². The van der Waals surface area contributed by atoms with E-state index in [1.165, 1.54) is 18.5 Å². The van der Waals surface area contributed by atoms with E-state index in [0.717, 1.165) is 6.54 Å². The number of hydrogen-bond donors (Lipinski definition) is 2. The summed E-state index contributed by atoms with van der Waals surface area (Å²) in [5, 5.41) is 11.9. The van der Waals surface area contributed by atoms with Crippen molar-refractivity contribution in [2.24, 2.45) is 0 Å². The van der Waals surface area contributed by atoms with Crippen LogP contribution in [-0.2, 0) is 4.74 Å². The van der Waals surface area contributed by atoms with Gasteiger partial charge in [-0.3, -0.25) is 9.78 Å². The Balaban J connectivity index is 2.18. The van der Waals surface area contributed by atoms with Crippen molar-refractivity contribution in [1.82, 2.24) is 15.2 Å². The molecule has 0 saturated heterocycles. The second-order valence-electron chi connectivity index (χ2n) is 4.10. The Kier molecular flexibility index (Phi) is 6.10. The first-order valence-electron chi connectivity index (χ1n) is 5.74. The molecule has 1 heterocycles. The van der Waals surface area contributed by atoms with Gasteiger partial charge >= 0.3 is 0 Å². The highest BCUT2D eigenvalue weighted by molar-refractivity contribution is 5.94. The number of carbonyl (C=O) groups is 1. The third-order valence-electron chi connectivity index (χ3n) is 2.20. The molecule has 100 valence electrons. The van der Waals surface area contributed by atoms with Gasteiger partial charge in [-0.2, -0.15) is 0 Å². The van der Waals surface area contributed by atoms with Gasteiger partial charge in [0.15, 0.2) is 0 Å². The minimum absolute atomic E-state index is 0.0233. The quantitative estimate of drug-likeness (QED) is 0.674. The molecular formula is C12H19N3O3. The first kappa shape index (κ1) is 14.4. The molecule has 6 heteroatoms. The van der Waals surface area contributed by atoms with Crippen molar-refractivity contribution in [1.29, 1.82) is 0 Å². The Morgan fingerprint density at radius 2 is 2.22 bits per heavy atom. The lowest BCUT2D eigenvalue weighted by molar-refractivity contribution is 0.0899. The number of aromatic hydroxyl groups is 1. The van der Waals surface area contributed by atoms with E-state index < -0.39 is 0 Å². The smallest absolute Gasteiger partial charge is 0.253 e. The van der Waals surface area contributed by atoms with Crippen LogP contribution >= 0.6 is 0 Å². The van der Waals surface area contributed by atoms with Crippen LogP contribution in [0.25, 0.3) is 0 Å². The fourth-order valence-corrected chi connectivity index (χ4v) is 1.24. The maximum Gasteiger partial charge on any atom is 0.253 e. The van der Waals surface area contributed by atoms with E-state index in [2.05, 4.69) is 10.3 Å². The second kappa shape index (κ2) is 7.62.